The first-order valence-electron chi connectivity index (χ1n) is 11.1. The molecule has 2 heterocycles. The molecule has 8 nitrogen and oxygen atoms in total. The number of carbonyl (C=O) groups excluding carboxylic acids is 4. The molecule has 0 bridgehead atoms. The zero-order valence-electron chi connectivity index (χ0n) is 18.7. The van der Waals surface area contributed by atoms with E-state index in [-0.39, 0.29) is 37.8 Å². The summed E-state index contributed by atoms with van der Waals surface area (Å²) in [7, 11) is 0. The van der Waals surface area contributed by atoms with Gasteiger partial charge in [-0.1, -0.05) is 42.5 Å². The van der Waals surface area contributed by atoms with Crippen LogP contribution in [0.3, 0.4) is 0 Å². The summed E-state index contributed by atoms with van der Waals surface area (Å²) in [5.41, 5.74) is 0.874. The normalized spacial score (nSPS) is 20.2. The van der Waals surface area contributed by atoms with E-state index in [1.807, 2.05) is 30.3 Å². The average molecular weight is 450 g/mol. The van der Waals surface area contributed by atoms with Gasteiger partial charge < -0.3 is 15.0 Å². The summed E-state index contributed by atoms with van der Waals surface area (Å²) >= 11 is 0. The molecule has 2 aliphatic rings. The molecule has 3 amide bonds. The molecule has 1 fully saturated rings. The van der Waals surface area contributed by atoms with E-state index in [1.165, 1.54) is 4.90 Å². The van der Waals surface area contributed by atoms with Gasteiger partial charge >= 0.3 is 5.97 Å². The van der Waals surface area contributed by atoms with E-state index >= 15 is 0 Å². The van der Waals surface area contributed by atoms with Gasteiger partial charge in [-0.25, -0.2) is 4.79 Å². The van der Waals surface area contributed by atoms with Gasteiger partial charge in [0.05, 0.1) is 17.9 Å². The molecular formula is C25H27N3O5. The van der Waals surface area contributed by atoms with Crippen LogP contribution in [-0.2, 0) is 25.5 Å². The molecule has 2 atom stereocenters. The van der Waals surface area contributed by atoms with Crippen molar-refractivity contribution in [2.75, 3.05) is 18.1 Å². The molecule has 2 aromatic rings. The van der Waals surface area contributed by atoms with Crippen molar-refractivity contribution >= 4 is 29.4 Å². The fraction of sp³-hybridized carbons (Fsp3) is 0.360. The Bertz CT molecular complexity index is 1090. The standard InChI is InChI=1S/C25H27N3O5/c1-3-33-24(32)19(15-17-9-5-4-6-10-17)26-21(29)16-27-23(31)18-11-7-8-12-20(18)28-22(30)13-14-25(27,28)2/h4-12,19H,3,13-16H2,1-2H3,(H,26,29). The van der Waals surface area contributed by atoms with Crippen molar-refractivity contribution in [3.05, 3.63) is 65.7 Å². The predicted molar refractivity (Wildman–Crippen MR) is 121 cm³/mol. The summed E-state index contributed by atoms with van der Waals surface area (Å²) in [4.78, 5) is 54.7. The lowest BCUT2D eigenvalue weighted by atomic mass is 9.98. The lowest BCUT2D eigenvalue weighted by Gasteiger charge is -2.48. The highest BCUT2D eigenvalue weighted by Crippen LogP contribution is 2.43. The molecule has 0 aromatic heterocycles. The van der Waals surface area contributed by atoms with Crippen LogP contribution in [-0.4, -0.2) is 53.4 Å². The molecule has 2 unspecified atom stereocenters. The first-order chi connectivity index (χ1) is 15.8. The van der Waals surface area contributed by atoms with Crippen LogP contribution in [0.5, 0.6) is 0 Å². The average Bonchev–Trinajstić information content (AvgIpc) is 3.12. The molecule has 1 saturated heterocycles. The molecular weight excluding hydrogens is 422 g/mol. The summed E-state index contributed by atoms with van der Waals surface area (Å²) in [5.74, 6) is -1.42. The van der Waals surface area contributed by atoms with Crippen LogP contribution in [0.4, 0.5) is 5.69 Å². The second-order valence-corrected chi connectivity index (χ2v) is 8.42. The van der Waals surface area contributed by atoms with Crippen LogP contribution in [0, 0.1) is 0 Å². The summed E-state index contributed by atoms with van der Waals surface area (Å²) in [6.45, 7) is 3.41. The number of nitrogens with one attached hydrogen (secondary N) is 1. The number of fused-ring (bicyclic) bond motifs is 3. The van der Waals surface area contributed by atoms with Crippen LogP contribution in [0.25, 0.3) is 0 Å². The lowest BCUT2D eigenvalue weighted by Crippen LogP contribution is -2.64. The zero-order chi connectivity index (χ0) is 23.6. The molecule has 172 valence electrons. The van der Waals surface area contributed by atoms with Gasteiger partial charge in [0.25, 0.3) is 5.91 Å². The highest BCUT2D eigenvalue weighted by atomic mass is 16.5. The Morgan fingerprint density at radius 3 is 2.52 bits per heavy atom. The van der Waals surface area contributed by atoms with Crippen molar-refractivity contribution in [1.29, 1.82) is 0 Å². The number of nitrogens with zero attached hydrogens (tertiary/aromatic N) is 2. The maximum atomic E-state index is 13.3. The van der Waals surface area contributed by atoms with Crippen molar-refractivity contribution in [3.63, 3.8) is 0 Å². The van der Waals surface area contributed by atoms with E-state index in [9.17, 15) is 19.2 Å². The van der Waals surface area contributed by atoms with E-state index in [4.69, 9.17) is 4.74 Å². The van der Waals surface area contributed by atoms with Crippen LogP contribution in [0.15, 0.2) is 54.6 Å². The van der Waals surface area contributed by atoms with Crippen LogP contribution in [0.2, 0.25) is 0 Å². The van der Waals surface area contributed by atoms with Crippen molar-refractivity contribution in [3.8, 4) is 0 Å². The van der Waals surface area contributed by atoms with E-state index in [0.717, 1.165) is 5.56 Å². The number of esters is 1. The molecule has 4 rings (SSSR count). The quantitative estimate of drug-likeness (QED) is 0.655. The fourth-order valence-electron chi connectivity index (χ4n) is 4.61. The minimum absolute atomic E-state index is 0.0867. The van der Waals surface area contributed by atoms with Crippen LogP contribution >= 0.6 is 0 Å². The van der Waals surface area contributed by atoms with Gasteiger partial charge in [-0.05, 0) is 38.0 Å². The van der Waals surface area contributed by atoms with Gasteiger partial charge in [0.15, 0.2) is 0 Å². The van der Waals surface area contributed by atoms with E-state index in [2.05, 4.69) is 5.32 Å². The largest absolute Gasteiger partial charge is 0.464 e. The molecule has 0 aliphatic carbocycles. The molecule has 8 heteroatoms. The first-order valence-corrected chi connectivity index (χ1v) is 11.1. The van der Waals surface area contributed by atoms with E-state index < -0.39 is 23.6 Å². The topological polar surface area (TPSA) is 96.0 Å². The van der Waals surface area contributed by atoms with Gasteiger partial charge in [-0.15, -0.1) is 0 Å². The summed E-state index contributed by atoms with van der Waals surface area (Å²) in [6, 6.07) is 15.4. The van der Waals surface area contributed by atoms with Gasteiger partial charge in [0.1, 0.15) is 18.2 Å². The number of rotatable bonds is 7. The predicted octanol–water partition coefficient (Wildman–Crippen LogP) is 2.28. The number of para-hydroxylation sites is 1. The van der Waals surface area contributed by atoms with Crippen molar-refractivity contribution in [2.24, 2.45) is 0 Å². The highest BCUT2D eigenvalue weighted by molar-refractivity contribution is 6.11. The third-order valence-electron chi connectivity index (χ3n) is 6.24. The third-order valence-corrected chi connectivity index (χ3v) is 6.24. The number of hydrogen-bond donors (Lipinski definition) is 1. The lowest BCUT2D eigenvalue weighted by molar-refractivity contribution is -0.147. The van der Waals surface area contributed by atoms with Crippen LogP contribution < -0.4 is 10.2 Å². The van der Waals surface area contributed by atoms with Crippen LogP contribution in [0.1, 0.15) is 42.6 Å². The maximum absolute atomic E-state index is 13.3. The molecule has 0 radical (unpaired) electrons. The Morgan fingerprint density at radius 2 is 1.79 bits per heavy atom. The molecule has 2 aromatic carbocycles. The Kier molecular flexibility index (Phi) is 6.18. The maximum Gasteiger partial charge on any atom is 0.328 e. The summed E-state index contributed by atoms with van der Waals surface area (Å²) in [6.07, 6.45) is 0.976. The molecule has 2 aliphatic heterocycles. The third kappa shape index (κ3) is 4.20. The second-order valence-electron chi connectivity index (χ2n) is 8.42. The van der Waals surface area contributed by atoms with E-state index in [1.54, 1.807) is 43.0 Å². The van der Waals surface area contributed by atoms with Gasteiger partial charge in [0, 0.05) is 12.8 Å². The summed E-state index contributed by atoms with van der Waals surface area (Å²) < 4.78 is 5.15. The highest BCUT2D eigenvalue weighted by Gasteiger charge is 2.53. The van der Waals surface area contributed by atoms with Gasteiger partial charge in [-0.2, -0.15) is 0 Å². The Morgan fingerprint density at radius 1 is 1.09 bits per heavy atom. The number of hydrogen-bond acceptors (Lipinski definition) is 5. The van der Waals surface area contributed by atoms with Gasteiger partial charge in [0.2, 0.25) is 11.8 Å². The Balaban J connectivity index is 1.56. The first kappa shape index (κ1) is 22.5. The fourth-order valence-corrected chi connectivity index (χ4v) is 4.61. The molecule has 0 saturated carbocycles. The minimum atomic E-state index is -0.946. The number of ether oxygens (including phenoxy) is 1. The van der Waals surface area contributed by atoms with Gasteiger partial charge in [-0.3, -0.25) is 19.3 Å². The summed E-state index contributed by atoms with van der Waals surface area (Å²) in [5, 5.41) is 2.74. The molecule has 33 heavy (non-hydrogen) atoms. The SMILES string of the molecule is CCOC(=O)C(Cc1ccccc1)NC(=O)CN1C(=O)c2ccccc2N2C(=O)CCC12C. The number of anilines is 1. The minimum Gasteiger partial charge on any atom is -0.464 e. The number of amides is 3. The smallest absolute Gasteiger partial charge is 0.328 e. The van der Waals surface area contributed by atoms with Crippen molar-refractivity contribution < 1.29 is 23.9 Å². The zero-order valence-corrected chi connectivity index (χ0v) is 18.7. The Labute approximate surface area is 192 Å². The monoisotopic (exact) mass is 449 g/mol. The van der Waals surface area contributed by atoms with E-state index in [0.29, 0.717) is 17.7 Å². The van der Waals surface area contributed by atoms with Crippen molar-refractivity contribution in [1.82, 2.24) is 10.2 Å². The number of carbonyl (C=O) groups is 4. The second kappa shape index (κ2) is 9.05. The van der Waals surface area contributed by atoms with Crippen molar-refractivity contribution in [2.45, 2.75) is 44.8 Å². The molecule has 1 N–H and O–H groups in total. The number of benzene rings is 2. The molecule has 0 spiro atoms. The Hall–Kier alpha value is -3.68.